The zero-order valence-electron chi connectivity index (χ0n) is 10.9. The Bertz CT molecular complexity index is 718. The van der Waals surface area contributed by atoms with E-state index < -0.39 is 0 Å². The highest BCUT2D eigenvalue weighted by Crippen LogP contribution is 2.28. The molecule has 0 radical (unpaired) electrons. The Kier molecular flexibility index (Phi) is 3.63. The Balaban J connectivity index is 2.02. The summed E-state index contributed by atoms with van der Waals surface area (Å²) in [5.74, 6) is 0.815. The van der Waals surface area contributed by atoms with Gasteiger partial charge < -0.3 is 4.57 Å². The van der Waals surface area contributed by atoms with Crippen LogP contribution in [0.1, 0.15) is 18.1 Å². The summed E-state index contributed by atoms with van der Waals surface area (Å²) in [7, 11) is 0. The number of aryl methyl sites for hydroxylation is 2. The molecule has 2 heterocycles. The van der Waals surface area contributed by atoms with Crippen LogP contribution in [-0.4, -0.2) is 24.5 Å². The largest absolute Gasteiger partial charge is 0.325 e. The first-order valence-corrected chi connectivity index (χ1v) is 7.11. The zero-order chi connectivity index (χ0) is 14.1. The second-order valence-electron chi connectivity index (χ2n) is 4.51. The highest BCUT2D eigenvalue weighted by molar-refractivity contribution is 6.35. The number of halogens is 2. The van der Waals surface area contributed by atoms with Crippen LogP contribution < -0.4 is 0 Å². The molecule has 0 aliphatic carbocycles. The summed E-state index contributed by atoms with van der Waals surface area (Å²) in [6.07, 6.45) is 3.49. The van der Waals surface area contributed by atoms with Crippen LogP contribution in [0, 0.1) is 0 Å². The fourth-order valence-corrected chi connectivity index (χ4v) is 2.60. The maximum absolute atomic E-state index is 6.23. The molecular formula is C13H13Cl2N5. The molecule has 0 aliphatic heterocycles. The van der Waals surface area contributed by atoms with E-state index >= 15 is 0 Å². The van der Waals surface area contributed by atoms with Gasteiger partial charge in [0, 0.05) is 12.7 Å². The van der Waals surface area contributed by atoms with Crippen LogP contribution in [0.3, 0.4) is 0 Å². The van der Waals surface area contributed by atoms with Gasteiger partial charge in [-0.1, -0.05) is 22.9 Å². The smallest absolute Gasteiger partial charge is 0.127 e. The van der Waals surface area contributed by atoms with Crippen LogP contribution in [-0.2, 0) is 13.1 Å². The van der Waals surface area contributed by atoms with Crippen molar-refractivity contribution in [2.75, 3.05) is 0 Å². The number of para-hydroxylation sites is 1. The van der Waals surface area contributed by atoms with Crippen molar-refractivity contribution >= 4 is 34.2 Å². The van der Waals surface area contributed by atoms with E-state index in [1.54, 1.807) is 10.9 Å². The van der Waals surface area contributed by atoms with Gasteiger partial charge in [0.1, 0.15) is 11.3 Å². The second kappa shape index (κ2) is 5.42. The lowest BCUT2D eigenvalue weighted by Crippen LogP contribution is -2.11. The lowest BCUT2D eigenvalue weighted by Gasteiger charge is -2.10. The van der Waals surface area contributed by atoms with Gasteiger partial charge in [-0.3, -0.25) is 4.68 Å². The molecule has 0 spiro atoms. The van der Waals surface area contributed by atoms with Crippen molar-refractivity contribution in [2.45, 2.75) is 25.4 Å². The van der Waals surface area contributed by atoms with Crippen molar-refractivity contribution in [2.24, 2.45) is 0 Å². The molecule has 3 aromatic rings. The van der Waals surface area contributed by atoms with E-state index in [4.69, 9.17) is 23.2 Å². The Hall–Kier alpha value is -1.59. The first-order valence-electron chi connectivity index (χ1n) is 6.29. The van der Waals surface area contributed by atoms with Crippen LogP contribution in [0.5, 0.6) is 0 Å². The number of aromatic nitrogens is 5. The summed E-state index contributed by atoms with van der Waals surface area (Å²) in [5, 5.41) is 8.21. The molecule has 2 aromatic heterocycles. The van der Waals surface area contributed by atoms with Gasteiger partial charge in [-0.15, -0.1) is 16.7 Å². The molecule has 0 N–H and O–H groups in total. The molecule has 0 saturated heterocycles. The SMILES string of the molecule is CC(Cl)c1nc2c(Cl)cccc2n1CCn1ccnn1. The number of nitrogens with zero attached hydrogens (tertiary/aromatic N) is 5. The molecule has 0 fully saturated rings. The van der Waals surface area contributed by atoms with E-state index in [0.29, 0.717) is 18.1 Å². The standard InChI is InChI=1S/C13H13Cl2N5/c1-9(14)13-17-12-10(15)3-2-4-11(12)20(13)8-7-19-6-5-16-18-19/h2-6,9H,7-8H2,1H3. The first kappa shape index (κ1) is 13.4. The number of hydrogen-bond donors (Lipinski definition) is 0. The van der Waals surface area contributed by atoms with Crippen molar-refractivity contribution in [1.29, 1.82) is 0 Å². The van der Waals surface area contributed by atoms with Gasteiger partial charge >= 0.3 is 0 Å². The molecule has 5 nitrogen and oxygen atoms in total. The molecule has 20 heavy (non-hydrogen) atoms. The number of imidazole rings is 1. The van der Waals surface area contributed by atoms with E-state index in [2.05, 4.69) is 19.9 Å². The highest BCUT2D eigenvalue weighted by atomic mass is 35.5. The number of hydrogen-bond acceptors (Lipinski definition) is 3. The number of rotatable bonds is 4. The van der Waals surface area contributed by atoms with Gasteiger partial charge in [0.25, 0.3) is 0 Å². The predicted octanol–water partition coefficient (Wildman–Crippen LogP) is 3.28. The van der Waals surface area contributed by atoms with Gasteiger partial charge in [-0.2, -0.15) is 0 Å². The number of fused-ring (bicyclic) bond motifs is 1. The normalized spacial score (nSPS) is 12.9. The van der Waals surface area contributed by atoms with E-state index in [0.717, 1.165) is 16.9 Å². The molecule has 0 saturated carbocycles. The van der Waals surface area contributed by atoms with Crippen LogP contribution in [0.4, 0.5) is 0 Å². The zero-order valence-corrected chi connectivity index (χ0v) is 12.4. The minimum atomic E-state index is -0.186. The van der Waals surface area contributed by atoms with Crippen LogP contribution in [0.25, 0.3) is 11.0 Å². The lowest BCUT2D eigenvalue weighted by molar-refractivity contribution is 0.515. The third kappa shape index (κ3) is 2.39. The third-order valence-corrected chi connectivity index (χ3v) is 3.64. The van der Waals surface area contributed by atoms with Gasteiger partial charge in [0.05, 0.1) is 28.7 Å². The first-order chi connectivity index (χ1) is 9.66. The van der Waals surface area contributed by atoms with Crippen molar-refractivity contribution in [1.82, 2.24) is 24.5 Å². The van der Waals surface area contributed by atoms with E-state index in [1.807, 2.05) is 31.3 Å². The van der Waals surface area contributed by atoms with Crippen molar-refractivity contribution in [3.05, 3.63) is 41.4 Å². The third-order valence-electron chi connectivity index (χ3n) is 3.14. The average molecular weight is 310 g/mol. The Morgan fingerprint density at radius 3 is 2.85 bits per heavy atom. The average Bonchev–Trinajstić information content (AvgIpc) is 3.03. The van der Waals surface area contributed by atoms with E-state index in [-0.39, 0.29) is 5.38 Å². The van der Waals surface area contributed by atoms with Gasteiger partial charge in [0.15, 0.2) is 0 Å². The monoisotopic (exact) mass is 309 g/mol. The maximum atomic E-state index is 6.23. The van der Waals surface area contributed by atoms with Gasteiger partial charge in [-0.05, 0) is 19.1 Å². The number of alkyl halides is 1. The summed E-state index contributed by atoms with van der Waals surface area (Å²) in [6.45, 7) is 3.32. The lowest BCUT2D eigenvalue weighted by atomic mass is 10.3. The minimum absolute atomic E-state index is 0.186. The van der Waals surface area contributed by atoms with Crippen molar-refractivity contribution in [3.63, 3.8) is 0 Å². The molecule has 1 atom stereocenters. The van der Waals surface area contributed by atoms with Gasteiger partial charge in [-0.25, -0.2) is 4.98 Å². The molecule has 104 valence electrons. The summed E-state index contributed by atoms with van der Waals surface area (Å²) >= 11 is 12.4. The van der Waals surface area contributed by atoms with Crippen molar-refractivity contribution < 1.29 is 0 Å². The summed E-state index contributed by atoms with van der Waals surface area (Å²) < 4.78 is 3.86. The fourth-order valence-electron chi connectivity index (χ4n) is 2.22. The maximum Gasteiger partial charge on any atom is 0.127 e. The Morgan fingerprint density at radius 1 is 1.30 bits per heavy atom. The topological polar surface area (TPSA) is 48.5 Å². The molecule has 0 bridgehead atoms. The highest BCUT2D eigenvalue weighted by Gasteiger charge is 2.16. The Labute approximate surface area is 126 Å². The van der Waals surface area contributed by atoms with Gasteiger partial charge in [0.2, 0.25) is 0 Å². The molecule has 1 aromatic carbocycles. The van der Waals surface area contributed by atoms with Crippen LogP contribution in [0.15, 0.2) is 30.6 Å². The Morgan fingerprint density at radius 2 is 2.15 bits per heavy atom. The molecule has 3 rings (SSSR count). The molecule has 0 amide bonds. The summed E-state index contributed by atoms with van der Waals surface area (Å²) in [4.78, 5) is 4.57. The summed E-state index contributed by atoms with van der Waals surface area (Å²) in [6, 6.07) is 5.75. The van der Waals surface area contributed by atoms with Crippen LogP contribution in [0.2, 0.25) is 5.02 Å². The van der Waals surface area contributed by atoms with Crippen LogP contribution >= 0.6 is 23.2 Å². The molecule has 0 aliphatic rings. The summed E-state index contributed by atoms with van der Waals surface area (Å²) in [5.41, 5.74) is 1.77. The van der Waals surface area contributed by atoms with E-state index in [9.17, 15) is 0 Å². The fraction of sp³-hybridized carbons (Fsp3) is 0.308. The molecule has 7 heteroatoms. The van der Waals surface area contributed by atoms with E-state index in [1.165, 1.54) is 0 Å². The second-order valence-corrected chi connectivity index (χ2v) is 5.57. The number of benzene rings is 1. The predicted molar refractivity (Wildman–Crippen MR) is 79.0 cm³/mol. The molecule has 1 unspecified atom stereocenters. The quantitative estimate of drug-likeness (QED) is 0.695. The molecular weight excluding hydrogens is 297 g/mol. The van der Waals surface area contributed by atoms with Crippen molar-refractivity contribution in [3.8, 4) is 0 Å². The minimum Gasteiger partial charge on any atom is -0.325 e.